The molecule has 0 spiro atoms. The number of nitrogens with zero attached hydrogens (tertiary/aromatic N) is 1. The second-order valence-electron chi connectivity index (χ2n) is 8.29. The van der Waals surface area contributed by atoms with Crippen LogP contribution in [-0.4, -0.2) is 36.3 Å². The van der Waals surface area contributed by atoms with Crippen LogP contribution < -0.4 is 5.32 Å². The van der Waals surface area contributed by atoms with Crippen LogP contribution in [0.15, 0.2) is 28.5 Å². The van der Waals surface area contributed by atoms with Crippen molar-refractivity contribution in [3.05, 3.63) is 57.0 Å². The van der Waals surface area contributed by atoms with E-state index in [1.807, 2.05) is 18.2 Å². The number of amides is 1. The number of thioether (sulfide) groups is 1. The van der Waals surface area contributed by atoms with Crippen LogP contribution in [0.2, 0.25) is 0 Å². The van der Waals surface area contributed by atoms with E-state index in [1.165, 1.54) is 28.7 Å². The van der Waals surface area contributed by atoms with Gasteiger partial charge in [-0.2, -0.15) is 5.26 Å². The van der Waals surface area contributed by atoms with E-state index in [0.29, 0.717) is 25.2 Å². The molecule has 1 atom stereocenters. The molecule has 0 aliphatic heterocycles. The van der Waals surface area contributed by atoms with Gasteiger partial charge in [0.05, 0.1) is 33.8 Å². The van der Waals surface area contributed by atoms with Crippen molar-refractivity contribution in [3.63, 3.8) is 0 Å². The van der Waals surface area contributed by atoms with E-state index in [4.69, 9.17) is 9.47 Å². The van der Waals surface area contributed by atoms with E-state index < -0.39 is 17.2 Å². The summed E-state index contributed by atoms with van der Waals surface area (Å²) in [6, 6.07) is 10.4. The van der Waals surface area contributed by atoms with Gasteiger partial charge in [-0.15, -0.1) is 34.4 Å². The molecule has 1 amide bonds. The van der Waals surface area contributed by atoms with Crippen molar-refractivity contribution in [2.75, 3.05) is 18.5 Å². The molecule has 0 bridgehead atoms. The largest absolute Gasteiger partial charge is 0.462 e. The van der Waals surface area contributed by atoms with Crippen LogP contribution in [0.1, 0.15) is 63.1 Å². The van der Waals surface area contributed by atoms with Crippen molar-refractivity contribution in [2.45, 2.75) is 50.0 Å². The van der Waals surface area contributed by atoms with Crippen LogP contribution in [0.3, 0.4) is 0 Å². The number of hydrogen-bond acceptors (Lipinski definition) is 9. The maximum Gasteiger partial charge on any atom is 0.348 e. The number of carbonyl (C=O) groups is 3. The molecule has 1 aliphatic rings. The Hall–Kier alpha value is -3.13. The summed E-state index contributed by atoms with van der Waals surface area (Å²) in [4.78, 5) is 39.7. The van der Waals surface area contributed by atoms with Crippen LogP contribution >= 0.6 is 34.4 Å². The van der Waals surface area contributed by atoms with Crippen LogP contribution in [0.25, 0.3) is 10.4 Å². The third-order valence-corrected chi connectivity index (χ3v) is 9.74. The topological polar surface area (TPSA) is 105 Å². The van der Waals surface area contributed by atoms with Crippen molar-refractivity contribution in [1.29, 1.82) is 5.26 Å². The van der Waals surface area contributed by atoms with Crippen molar-refractivity contribution in [3.8, 4) is 16.5 Å². The number of aryl methyl sites for hydroxylation is 1. The lowest BCUT2D eigenvalue weighted by Crippen LogP contribution is -2.22. The fraction of sp³-hybridized carbons (Fsp3) is 0.333. The molecule has 3 aromatic rings. The molecule has 10 heteroatoms. The Labute approximate surface area is 227 Å². The smallest absolute Gasteiger partial charge is 0.348 e. The lowest BCUT2D eigenvalue weighted by Gasteiger charge is -2.15. The maximum absolute atomic E-state index is 13.2. The Morgan fingerprint density at radius 3 is 2.51 bits per heavy atom. The average molecular weight is 555 g/mol. The number of hydrogen-bond donors (Lipinski definition) is 1. The summed E-state index contributed by atoms with van der Waals surface area (Å²) in [6.07, 6.45) is 1.60. The quantitative estimate of drug-likeness (QED) is 0.260. The molecule has 1 unspecified atom stereocenters. The molecule has 1 aliphatic carbocycles. The van der Waals surface area contributed by atoms with Crippen LogP contribution in [0.4, 0.5) is 5.00 Å². The minimum atomic E-state index is -0.612. The van der Waals surface area contributed by atoms with Gasteiger partial charge >= 0.3 is 11.9 Å². The molecule has 4 rings (SSSR count). The Morgan fingerprint density at radius 2 is 1.81 bits per heavy atom. The van der Waals surface area contributed by atoms with E-state index in [-0.39, 0.29) is 24.7 Å². The first-order chi connectivity index (χ1) is 17.8. The van der Waals surface area contributed by atoms with E-state index >= 15 is 0 Å². The molecule has 0 fully saturated rings. The molecule has 0 saturated carbocycles. The number of rotatable bonds is 8. The van der Waals surface area contributed by atoms with Crippen molar-refractivity contribution in [2.24, 2.45) is 0 Å². The number of ether oxygens (including phenoxy) is 2. The molecule has 1 aromatic carbocycles. The third-order valence-electron chi connectivity index (χ3n) is 5.97. The number of nitriles is 1. The van der Waals surface area contributed by atoms with Gasteiger partial charge in [0.2, 0.25) is 5.91 Å². The lowest BCUT2D eigenvalue weighted by molar-refractivity contribution is -0.115. The predicted molar refractivity (Wildman–Crippen MR) is 147 cm³/mol. The van der Waals surface area contributed by atoms with Crippen LogP contribution in [0.5, 0.6) is 0 Å². The monoisotopic (exact) mass is 554 g/mol. The van der Waals surface area contributed by atoms with Gasteiger partial charge in [-0.05, 0) is 62.8 Å². The summed E-state index contributed by atoms with van der Waals surface area (Å²) in [5.74, 6) is -1.35. The van der Waals surface area contributed by atoms with Gasteiger partial charge in [-0.1, -0.05) is 24.3 Å². The van der Waals surface area contributed by atoms with Crippen LogP contribution in [-0.2, 0) is 27.1 Å². The van der Waals surface area contributed by atoms with Gasteiger partial charge in [0, 0.05) is 4.88 Å². The minimum Gasteiger partial charge on any atom is -0.462 e. The lowest BCUT2D eigenvalue weighted by atomic mass is 9.90. The highest BCUT2D eigenvalue weighted by Crippen LogP contribution is 2.45. The number of anilines is 1. The Kier molecular flexibility index (Phi) is 8.37. The SMILES string of the molecule is CCOC(=O)c1sc(SC(C)C(=O)Nc2sc3c(c2C#N)CCc2ccccc2-3)c(C(=O)OCC)c1C. The Balaban J connectivity index is 1.60. The van der Waals surface area contributed by atoms with E-state index in [9.17, 15) is 19.6 Å². The molecule has 2 heterocycles. The highest BCUT2D eigenvalue weighted by Gasteiger charge is 2.30. The highest BCUT2D eigenvalue weighted by atomic mass is 32.2. The second kappa shape index (κ2) is 11.5. The Morgan fingerprint density at radius 1 is 1.11 bits per heavy atom. The molecular formula is C27H26N2O5S3. The normalized spacial score (nSPS) is 12.6. The van der Waals surface area contributed by atoms with Gasteiger partial charge < -0.3 is 14.8 Å². The summed E-state index contributed by atoms with van der Waals surface area (Å²) in [6.45, 7) is 7.22. The number of thiophene rings is 2. The van der Waals surface area contributed by atoms with Crippen LogP contribution in [0, 0.1) is 18.3 Å². The number of carbonyl (C=O) groups excluding carboxylic acids is 3. The summed E-state index contributed by atoms with van der Waals surface area (Å²) >= 11 is 3.71. The first kappa shape index (κ1) is 26.9. The standard InChI is InChI=1S/C27H26N2O5S3/c1-5-33-25(31)20-14(3)21(26(32)34-6-2)37-27(20)35-15(4)23(30)29-24-19(13-28)18-12-11-16-9-7-8-10-17(16)22(18)36-24/h7-10,15H,5-6,11-12H2,1-4H3,(H,29,30). The molecule has 0 radical (unpaired) electrons. The molecule has 7 nitrogen and oxygen atoms in total. The molecule has 2 aromatic heterocycles. The van der Waals surface area contributed by atoms with Crippen molar-refractivity contribution in [1.82, 2.24) is 0 Å². The third kappa shape index (κ3) is 5.30. The second-order valence-corrected chi connectivity index (χ2v) is 11.9. The average Bonchev–Trinajstić information content (AvgIpc) is 3.40. The number of benzene rings is 1. The fourth-order valence-corrected chi connectivity index (χ4v) is 8.08. The maximum atomic E-state index is 13.2. The molecular weight excluding hydrogens is 529 g/mol. The predicted octanol–water partition coefficient (Wildman–Crippen LogP) is 6.23. The number of fused-ring (bicyclic) bond motifs is 3. The number of nitrogens with one attached hydrogen (secondary N) is 1. The van der Waals surface area contributed by atoms with Gasteiger partial charge in [0.15, 0.2) is 0 Å². The van der Waals surface area contributed by atoms with Gasteiger partial charge in [-0.25, -0.2) is 9.59 Å². The zero-order valence-corrected chi connectivity index (χ0v) is 23.4. The van der Waals surface area contributed by atoms with Gasteiger partial charge in [0.25, 0.3) is 0 Å². The molecule has 192 valence electrons. The van der Waals surface area contributed by atoms with Crippen molar-refractivity contribution < 1.29 is 23.9 Å². The number of esters is 2. The molecule has 0 saturated heterocycles. The highest BCUT2D eigenvalue weighted by molar-refractivity contribution is 8.02. The fourth-order valence-electron chi connectivity index (χ4n) is 4.18. The summed E-state index contributed by atoms with van der Waals surface area (Å²) < 4.78 is 10.9. The first-order valence-electron chi connectivity index (χ1n) is 11.9. The van der Waals surface area contributed by atoms with E-state index in [2.05, 4.69) is 17.5 Å². The molecule has 37 heavy (non-hydrogen) atoms. The first-order valence-corrected chi connectivity index (χ1v) is 14.4. The van der Waals surface area contributed by atoms with Gasteiger partial charge in [0.1, 0.15) is 15.9 Å². The van der Waals surface area contributed by atoms with Crippen molar-refractivity contribution >= 4 is 57.3 Å². The van der Waals surface area contributed by atoms with E-state index in [1.54, 1.807) is 27.7 Å². The zero-order valence-electron chi connectivity index (χ0n) is 20.9. The minimum absolute atomic E-state index is 0.187. The zero-order chi connectivity index (χ0) is 26.7. The van der Waals surface area contributed by atoms with Gasteiger partial charge in [-0.3, -0.25) is 4.79 Å². The molecule has 1 N–H and O–H groups in total. The Bertz CT molecular complexity index is 1420. The van der Waals surface area contributed by atoms with E-state index in [0.717, 1.165) is 40.2 Å². The summed E-state index contributed by atoms with van der Waals surface area (Å²) in [5, 5.41) is 12.7. The summed E-state index contributed by atoms with van der Waals surface area (Å²) in [7, 11) is 0. The summed E-state index contributed by atoms with van der Waals surface area (Å²) in [5.41, 5.74) is 4.57.